The molecule has 21 heavy (non-hydrogen) atoms. The predicted molar refractivity (Wildman–Crippen MR) is 95.5 cm³/mol. The minimum Gasteiger partial charge on any atom is -0.344 e. The first kappa shape index (κ1) is 16.1. The quantitative estimate of drug-likeness (QED) is 0.824. The number of nitrogens with one attached hydrogen (secondary N) is 1. The van der Waals surface area contributed by atoms with E-state index in [0.717, 1.165) is 17.6 Å². The van der Waals surface area contributed by atoms with Crippen molar-refractivity contribution < 1.29 is 0 Å². The van der Waals surface area contributed by atoms with E-state index in [2.05, 4.69) is 90.4 Å². The lowest BCUT2D eigenvalue weighted by Crippen LogP contribution is -2.17. The van der Waals surface area contributed by atoms with Crippen molar-refractivity contribution in [2.45, 2.75) is 27.3 Å². The van der Waals surface area contributed by atoms with Crippen LogP contribution in [0.4, 0.5) is 11.4 Å². The van der Waals surface area contributed by atoms with Crippen molar-refractivity contribution in [1.29, 1.82) is 0 Å². The maximum absolute atomic E-state index is 3.57. The number of hydrogen-bond donors (Lipinski definition) is 1. The second-order valence-corrected chi connectivity index (χ2v) is 6.32. The van der Waals surface area contributed by atoms with Crippen LogP contribution in [0.15, 0.2) is 40.9 Å². The molecule has 1 N–H and O–H groups in total. The number of hydrogen-bond acceptors (Lipinski definition) is 2. The smallest absolute Gasteiger partial charge is 0.0454 e. The van der Waals surface area contributed by atoms with Gasteiger partial charge >= 0.3 is 0 Å². The van der Waals surface area contributed by atoms with Crippen LogP contribution in [0, 0.1) is 13.8 Å². The van der Waals surface area contributed by atoms with Crippen LogP contribution in [-0.4, -0.2) is 13.6 Å². The van der Waals surface area contributed by atoms with Crippen molar-refractivity contribution in [2.24, 2.45) is 0 Å². The average Bonchev–Trinajstić information content (AvgIpc) is 2.44. The molecule has 0 saturated heterocycles. The molecule has 112 valence electrons. The Morgan fingerprint density at radius 3 is 2.43 bits per heavy atom. The Balaban J connectivity index is 2.39. The molecule has 3 heteroatoms. The summed E-state index contributed by atoms with van der Waals surface area (Å²) in [6.07, 6.45) is 0. The maximum Gasteiger partial charge on any atom is 0.0454 e. The summed E-state index contributed by atoms with van der Waals surface area (Å²) in [5.74, 6) is 0. The minimum atomic E-state index is 0.876. The third kappa shape index (κ3) is 3.86. The Labute approximate surface area is 136 Å². The van der Waals surface area contributed by atoms with Gasteiger partial charge in [-0.15, -0.1) is 0 Å². The maximum atomic E-state index is 3.57. The highest BCUT2D eigenvalue weighted by atomic mass is 79.9. The number of anilines is 2. The van der Waals surface area contributed by atoms with Gasteiger partial charge in [-0.25, -0.2) is 0 Å². The topological polar surface area (TPSA) is 15.3 Å². The zero-order chi connectivity index (χ0) is 15.4. The monoisotopic (exact) mass is 346 g/mol. The van der Waals surface area contributed by atoms with Crippen LogP contribution < -0.4 is 10.2 Å². The average molecular weight is 347 g/mol. The molecule has 0 spiro atoms. The summed E-state index contributed by atoms with van der Waals surface area (Å²) >= 11 is 3.57. The van der Waals surface area contributed by atoms with Crippen LogP contribution in [0.25, 0.3) is 0 Å². The lowest BCUT2D eigenvalue weighted by atomic mass is 10.1. The Hall–Kier alpha value is -1.32. The van der Waals surface area contributed by atoms with E-state index in [-0.39, 0.29) is 0 Å². The summed E-state index contributed by atoms with van der Waals surface area (Å²) < 4.78 is 1.12. The number of nitrogens with zero attached hydrogens (tertiary/aromatic N) is 1. The highest BCUT2D eigenvalue weighted by molar-refractivity contribution is 9.10. The Morgan fingerprint density at radius 2 is 1.76 bits per heavy atom. The van der Waals surface area contributed by atoms with E-state index in [1.165, 1.54) is 28.1 Å². The molecular weight excluding hydrogens is 324 g/mol. The molecule has 0 aromatic heterocycles. The molecule has 0 aliphatic carbocycles. The van der Waals surface area contributed by atoms with E-state index in [9.17, 15) is 0 Å². The van der Waals surface area contributed by atoms with Gasteiger partial charge in [-0.1, -0.05) is 40.5 Å². The van der Waals surface area contributed by atoms with E-state index >= 15 is 0 Å². The van der Waals surface area contributed by atoms with Gasteiger partial charge in [0.2, 0.25) is 0 Å². The van der Waals surface area contributed by atoms with Crippen molar-refractivity contribution in [2.75, 3.05) is 18.5 Å². The molecule has 2 aromatic carbocycles. The van der Waals surface area contributed by atoms with Crippen molar-refractivity contribution in [1.82, 2.24) is 5.32 Å². The first-order valence-corrected chi connectivity index (χ1v) is 8.12. The molecule has 0 amide bonds. The largest absolute Gasteiger partial charge is 0.344 e. The lowest BCUT2D eigenvalue weighted by molar-refractivity contribution is 0.726. The third-order valence-electron chi connectivity index (χ3n) is 3.68. The van der Waals surface area contributed by atoms with E-state index < -0.39 is 0 Å². The van der Waals surface area contributed by atoms with Gasteiger partial charge in [-0.2, -0.15) is 0 Å². The normalized spacial score (nSPS) is 10.7. The lowest BCUT2D eigenvalue weighted by Gasteiger charge is -2.25. The van der Waals surface area contributed by atoms with Crippen molar-refractivity contribution in [3.8, 4) is 0 Å². The van der Waals surface area contributed by atoms with Gasteiger partial charge in [0.15, 0.2) is 0 Å². The van der Waals surface area contributed by atoms with Gasteiger partial charge in [0.25, 0.3) is 0 Å². The van der Waals surface area contributed by atoms with E-state index in [4.69, 9.17) is 0 Å². The number of rotatable bonds is 5. The second kappa shape index (κ2) is 7.10. The molecule has 2 nitrogen and oxygen atoms in total. The van der Waals surface area contributed by atoms with Crippen LogP contribution in [-0.2, 0) is 6.54 Å². The number of halogens is 1. The molecular formula is C18H23BrN2. The van der Waals surface area contributed by atoms with Crippen LogP contribution >= 0.6 is 15.9 Å². The fourth-order valence-corrected chi connectivity index (χ4v) is 3.00. The highest BCUT2D eigenvalue weighted by Gasteiger charge is 2.11. The summed E-state index contributed by atoms with van der Waals surface area (Å²) in [4.78, 5) is 2.27. The summed E-state index contributed by atoms with van der Waals surface area (Å²) in [7, 11) is 2.14. The van der Waals surface area contributed by atoms with Gasteiger partial charge in [0.1, 0.15) is 0 Å². The summed E-state index contributed by atoms with van der Waals surface area (Å²) in [6, 6.07) is 13.1. The standard InChI is InChI=1S/C18H23BrN2/c1-5-20-12-15-11-16(19)7-9-18(15)21(4)17-8-6-13(2)10-14(17)3/h6-11,20H,5,12H2,1-4H3. The predicted octanol–water partition coefficient (Wildman–Crippen LogP) is 4.94. The zero-order valence-corrected chi connectivity index (χ0v) is 14.8. The van der Waals surface area contributed by atoms with Crippen LogP contribution in [0.2, 0.25) is 0 Å². The SMILES string of the molecule is CCNCc1cc(Br)ccc1N(C)c1ccc(C)cc1C. The summed E-state index contributed by atoms with van der Waals surface area (Å²) in [5, 5.41) is 3.41. The number of aryl methyl sites for hydroxylation is 2. The van der Waals surface area contributed by atoms with Gasteiger partial charge in [-0.3, -0.25) is 0 Å². The van der Waals surface area contributed by atoms with Crippen LogP contribution in [0.3, 0.4) is 0 Å². The highest BCUT2D eigenvalue weighted by Crippen LogP contribution is 2.31. The van der Waals surface area contributed by atoms with Gasteiger partial charge < -0.3 is 10.2 Å². The Bertz CT molecular complexity index is 623. The first-order chi connectivity index (χ1) is 10.0. The van der Waals surface area contributed by atoms with Gasteiger partial charge in [-0.05, 0) is 55.8 Å². The second-order valence-electron chi connectivity index (χ2n) is 5.40. The molecule has 0 fully saturated rings. The van der Waals surface area contributed by atoms with E-state index in [1.807, 2.05) is 0 Å². The van der Waals surface area contributed by atoms with Gasteiger partial charge in [0.05, 0.1) is 0 Å². The van der Waals surface area contributed by atoms with Crippen molar-refractivity contribution >= 4 is 27.3 Å². The molecule has 2 rings (SSSR count). The molecule has 0 heterocycles. The molecule has 0 atom stereocenters. The fourth-order valence-electron chi connectivity index (χ4n) is 2.59. The Morgan fingerprint density at radius 1 is 1.05 bits per heavy atom. The molecule has 0 aliphatic heterocycles. The molecule has 2 aromatic rings. The van der Waals surface area contributed by atoms with Gasteiger partial charge in [0, 0.05) is 29.4 Å². The minimum absolute atomic E-state index is 0.876. The van der Waals surface area contributed by atoms with Crippen molar-refractivity contribution in [3.05, 3.63) is 57.6 Å². The van der Waals surface area contributed by atoms with Crippen LogP contribution in [0.5, 0.6) is 0 Å². The zero-order valence-electron chi connectivity index (χ0n) is 13.2. The summed E-state index contributed by atoms with van der Waals surface area (Å²) in [6.45, 7) is 8.28. The summed E-state index contributed by atoms with van der Waals surface area (Å²) in [5.41, 5.74) is 6.39. The molecule has 0 saturated carbocycles. The molecule has 0 aliphatic rings. The molecule has 0 unspecified atom stereocenters. The van der Waals surface area contributed by atoms with Crippen LogP contribution in [0.1, 0.15) is 23.6 Å². The first-order valence-electron chi connectivity index (χ1n) is 7.33. The molecule has 0 radical (unpaired) electrons. The van der Waals surface area contributed by atoms with E-state index in [1.54, 1.807) is 0 Å². The molecule has 0 bridgehead atoms. The number of benzene rings is 2. The third-order valence-corrected chi connectivity index (χ3v) is 4.18. The fraction of sp³-hybridized carbons (Fsp3) is 0.333. The van der Waals surface area contributed by atoms with Crippen molar-refractivity contribution in [3.63, 3.8) is 0 Å². The Kier molecular flexibility index (Phi) is 5.43. The van der Waals surface area contributed by atoms with E-state index in [0.29, 0.717) is 0 Å².